The lowest BCUT2D eigenvalue weighted by atomic mass is 9.95. The van der Waals surface area contributed by atoms with Gasteiger partial charge >= 0.3 is 0 Å². The van der Waals surface area contributed by atoms with Crippen molar-refractivity contribution in [2.45, 2.75) is 36.4 Å². The molecule has 2 heterocycles. The first-order chi connectivity index (χ1) is 10.3. The topological polar surface area (TPSA) is 70.7 Å². The predicted octanol–water partition coefficient (Wildman–Crippen LogP) is 2.44. The maximum Gasteiger partial charge on any atom is 0.270 e. The van der Waals surface area contributed by atoms with Gasteiger partial charge in [-0.15, -0.1) is 11.3 Å². The third-order valence-electron chi connectivity index (χ3n) is 3.68. The highest BCUT2D eigenvalue weighted by Crippen LogP contribution is 2.22. The molecule has 0 spiro atoms. The van der Waals surface area contributed by atoms with Crippen LogP contribution in [0.1, 0.15) is 40.3 Å². The van der Waals surface area contributed by atoms with Gasteiger partial charge in [-0.05, 0) is 37.5 Å². The average molecular weight is 322 g/mol. The third kappa shape index (κ3) is 3.29. The van der Waals surface area contributed by atoms with Gasteiger partial charge in [-0.25, -0.2) is 4.98 Å². The highest BCUT2D eigenvalue weighted by Gasteiger charge is 2.17. The second kappa shape index (κ2) is 6.62. The molecule has 0 saturated carbocycles. The number of thiazole rings is 1. The Hall–Kier alpha value is -1.34. The zero-order valence-corrected chi connectivity index (χ0v) is 13.6. The van der Waals surface area contributed by atoms with Crippen molar-refractivity contribution in [2.24, 2.45) is 0 Å². The molecule has 0 atom stereocenters. The fourth-order valence-electron chi connectivity index (χ4n) is 2.60. The van der Waals surface area contributed by atoms with Gasteiger partial charge in [0.15, 0.2) is 0 Å². The van der Waals surface area contributed by atoms with Gasteiger partial charge in [-0.1, -0.05) is 11.8 Å². The van der Waals surface area contributed by atoms with E-state index in [1.54, 1.807) is 17.1 Å². The first-order valence-corrected chi connectivity index (χ1v) is 9.21. The summed E-state index contributed by atoms with van der Waals surface area (Å²) < 4.78 is 0.918. The largest absolute Gasteiger partial charge is 0.350 e. The SMILES string of the molecule is CSc1nc(C(=O)NCCc2n[nH]c3c2CCCC3)cs1. The van der Waals surface area contributed by atoms with Gasteiger partial charge in [-0.2, -0.15) is 5.10 Å². The van der Waals surface area contributed by atoms with Crippen LogP contribution in [-0.4, -0.2) is 33.9 Å². The number of H-pyrrole nitrogens is 1. The molecule has 0 aliphatic heterocycles. The van der Waals surface area contributed by atoms with Crippen molar-refractivity contribution in [3.05, 3.63) is 28.0 Å². The Kier molecular flexibility index (Phi) is 4.60. The van der Waals surface area contributed by atoms with Gasteiger partial charge in [0.25, 0.3) is 5.91 Å². The second-order valence-electron chi connectivity index (χ2n) is 5.04. The number of aryl methyl sites for hydroxylation is 1. The van der Waals surface area contributed by atoms with E-state index < -0.39 is 0 Å². The summed E-state index contributed by atoms with van der Waals surface area (Å²) in [4.78, 5) is 16.2. The van der Waals surface area contributed by atoms with E-state index in [0.29, 0.717) is 12.2 Å². The van der Waals surface area contributed by atoms with Crippen LogP contribution in [0.4, 0.5) is 0 Å². The van der Waals surface area contributed by atoms with Crippen LogP contribution in [0.2, 0.25) is 0 Å². The molecule has 2 aromatic heterocycles. The Morgan fingerprint density at radius 1 is 1.48 bits per heavy atom. The summed E-state index contributed by atoms with van der Waals surface area (Å²) in [5.74, 6) is -0.101. The molecule has 2 aromatic rings. The Morgan fingerprint density at radius 3 is 3.14 bits per heavy atom. The summed E-state index contributed by atoms with van der Waals surface area (Å²) in [6.07, 6.45) is 7.43. The monoisotopic (exact) mass is 322 g/mol. The molecule has 112 valence electrons. The Morgan fingerprint density at radius 2 is 2.33 bits per heavy atom. The van der Waals surface area contributed by atoms with E-state index in [2.05, 4.69) is 20.5 Å². The van der Waals surface area contributed by atoms with Gasteiger partial charge in [0.2, 0.25) is 0 Å². The number of carbonyl (C=O) groups is 1. The highest BCUT2D eigenvalue weighted by atomic mass is 32.2. The van der Waals surface area contributed by atoms with E-state index in [9.17, 15) is 4.79 Å². The summed E-state index contributed by atoms with van der Waals surface area (Å²) in [6, 6.07) is 0. The van der Waals surface area contributed by atoms with Crippen molar-refractivity contribution >= 4 is 29.0 Å². The Labute approximate surface area is 131 Å². The van der Waals surface area contributed by atoms with E-state index in [1.165, 1.54) is 35.4 Å². The minimum absolute atomic E-state index is 0.101. The molecule has 0 bridgehead atoms. The van der Waals surface area contributed by atoms with Gasteiger partial charge in [0.05, 0.1) is 5.69 Å². The number of fused-ring (bicyclic) bond motifs is 1. The number of hydrogen-bond acceptors (Lipinski definition) is 5. The van der Waals surface area contributed by atoms with Crippen molar-refractivity contribution < 1.29 is 4.79 Å². The smallest absolute Gasteiger partial charge is 0.270 e. The fourth-order valence-corrected chi connectivity index (χ4v) is 3.84. The van der Waals surface area contributed by atoms with Crippen LogP contribution in [0.5, 0.6) is 0 Å². The first kappa shape index (κ1) is 14.6. The molecule has 2 N–H and O–H groups in total. The van der Waals surface area contributed by atoms with Gasteiger partial charge < -0.3 is 5.32 Å². The zero-order valence-electron chi connectivity index (χ0n) is 11.9. The Balaban J connectivity index is 1.54. The van der Waals surface area contributed by atoms with E-state index >= 15 is 0 Å². The van der Waals surface area contributed by atoms with E-state index in [0.717, 1.165) is 29.3 Å². The minimum Gasteiger partial charge on any atom is -0.350 e. The minimum atomic E-state index is -0.101. The molecule has 1 amide bonds. The fraction of sp³-hybridized carbons (Fsp3) is 0.500. The number of hydrogen-bond donors (Lipinski definition) is 2. The van der Waals surface area contributed by atoms with Gasteiger partial charge in [0.1, 0.15) is 10.0 Å². The van der Waals surface area contributed by atoms with Crippen molar-refractivity contribution in [1.29, 1.82) is 0 Å². The van der Waals surface area contributed by atoms with Crippen LogP contribution in [0.3, 0.4) is 0 Å². The van der Waals surface area contributed by atoms with Crippen molar-refractivity contribution in [1.82, 2.24) is 20.5 Å². The average Bonchev–Trinajstić information content (AvgIpc) is 3.14. The molecular weight excluding hydrogens is 304 g/mol. The van der Waals surface area contributed by atoms with Crippen LogP contribution < -0.4 is 5.32 Å². The summed E-state index contributed by atoms with van der Waals surface area (Å²) in [7, 11) is 0. The molecule has 0 fully saturated rings. The molecule has 3 rings (SSSR count). The van der Waals surface area contributed by atoms with Crippen molar-refractivity contribution in [2.75, 3.05) is 12.8 Å². The first-order valence-electron chi connectivity index (χ1n) is 7.10. The molecular formula is C14H18N4OS2. The molecule has 1 aliphatic carbocycles. The molecule has 0 aromatic carbocycles. The maximum absolute atomic E-state index is 12.0. The Bertz CT molecular complexity index is 635. The van der Waals surface area contributed by atoms with Crippen molar-refractivity contribution in [3.8, 4) is 0 Å². The van der Waals surface area contributed by atoms with Gasteiger partial charge in [0, 0.05) is 24.0 Å². The number of aromatic amines is 1. The number of rotatable bonds is 5. The normalized spacial score (nSPS) is 14.0. The van der Waals surface area contributed by atoms with Crippen LogP contribution in [0.15, 0.2) is 9.72 Å². The molecule has 0 radical (unpaired) electrons. The highest BCUT2D eigenvalue weighted by molar-refractivity contribution is 8.00. The molecule has 5 nitrogen and oxygen atoms in total. The van der Waals surface area contributed by atoms with E-state index in [4.69, 9.17) is 0 Å². The lowest BCUT2D eigenvalue weighted by molar-refractivity contribution is 0.0949. The second-order valence-corrected chi connectivity index (χ2v) is 6.95. The van der Waals surface area contributed by atoms with Crippen LogP contribution >= 0.6 is 23.1 Å². The molecule has 21 heavy (non-hydrogen) atoms. The molecule has 7 heteroatoms. The summed E-state index contributed by atoms with van der Waals surface area (Å²) in [6.45, 7) is 0.599. The number of carbonyl (C=O) groups excluding carboxylic acids is 1. The number of aromatic nitrogens is 3. The number of amides is 1. The van der Waals surface area contributed by atoms with Crippen LogP contribution in [0.25, 0.3) is 0 Å². The molecule has 1 aliphatic rings. The zero-order chi connectivity index (χ0) is 14.7. The quantitative estimate of drug-likeness (QED) is 0.830. The number of thioether (sulfide) groups is 1. The molecule has 0 unspecified atom stereocenters. The van der Waals surface area contributed by atoms with Gasteiger partial charge in [-0.3, -0.25) is 9.89 Å². The predicted molar refractivity (Wildman–Crippen MR) is 85.2 cm³/mol. The lowest BCUT2D eigenvalue weighted by Gasteiger charge is -2.11. The number of nitrogens with one attached hydrogen (secondary N) is 2. The third-order valence-corrected chi connectivity index (χ3v) is 5.54. The molecule has 0 saturated heterocycles. The van der Waals surface area contributed by atoms with Crippen LogP contribution in [-0.2, 0) is 19.3 Å². The maximum atomic E-state index is 12.0. The van der Waals surface area contributed by atoms with E-state index in [-0.39, 0.29) is 5.91 Å². The summed E-state index contributed by atoms with van der Waals surface area (Å²) >= 11 is 3.06. The van der Waals surface area contributed by atoms with E-state index in [1.807, 2.05) is 6.26 Å². The summed E-state index contributed by atoms with van der Waals surface area (Å²) in [5.41, 5.74) is 4.27. The number of nitrogens with zero attached hydrogens (tertiary/aromatic N) is 2. The lowest BCUT2D eigenvalue weighted by Crippen LogP contribution is -2.26. The standard InChI is InChI=1S/C14H18N4OS2/c1-20-14-16-12(8-21-14)13(19)15-7-6-11-9-4-2-3-5-10(9)17-18-11/h8H,2-7H2,1H3,(H,15,19)(H,17,18). The summed E-state index contributed by atoms with van der Waals surface area (Å²) in [5, 5.41) is 12.2. The van der Waals surface area contributed by atoms with Crippen LogP contribution in [0, 0.1) is 0 Å². The van der Waals surface area contributed by atoms with Crippen molar-refractivity contribution in [3.63, 3.8) is 0 Å².